The molecule has 2 aromatic carbocycles. The number of halogens is 1. The fraction of sp³-hybridized carbons (Fsp3) is 0.278. The second kappa shape index (κ2) is 7.55. The summed E-state index contributed by atoms with van der Waals surface area (Å²) in [6.07, 6.45) is 0.808. The molecule has 8 heteroatoms. The van der Waals surface area contributed by atoms with Crippen molar-refractivity contribution < 1.29 is 16.3 Å². The average molecular weight is 392 g/mol. The SMILES string of the molecule is CCc1cccc(-n2nnn(C)c2=O)c1COc1cc([ClH+])c(S)cc1C. The monoisotopic (exact) mass is 391 g/mol. The molecule has 0 saturated carbocycles. The molecule has 0 atom stereocenters. The maximum Gasteiger partial charge on any atom is 0.368 e. The Morgan fingerprint density at radius 1 is 1.27 bits per heavy atom. The summed E-state index contributed by atoms with van der Waals surface area (Å²) in [6, 6.07) is 9.46. The smallest absolute Gasteiger partial charge is 0.368 e. The third-order valence-electron chi connectivity index (χ3n) is 4.21. The normalized spacial score (nSPS) is 11.0. The van der Waals surface area contributed by atoms with E-state index < -0.39 is 0 Å². The highest BCUT2D eigenvalue weighted by atomic mass is 35.5. The minimum absolute atomic E-state index is 0.296. The first-order valence-corrected chi connectivity index (χ1v) is 9.01. The van der Waals surface area contributed by atoms with E-state index in [0.29, 0.717) is 23.1 Å². The lowest BCUT2D eigenvalue weighted by Crippen LogP contribution is -2.23. The summed E-state index contributed by atoms with van der Waals surface area (Å²) >= 11 is 9.63. The number of rotatable bonds is 5. The Hall–Kier alpha value is -2.25. The van der Waals surface area contributed by atoms with Crippen LogP contribution in [0.5, 0.6) is 5.75 Å². The maximum absolute atomic E-state index is 12.3. The summed E-state index contributed by atoms with van der Waals surface area (Å²) in [5.74, 6) is 0.705. The standard InChI is InChI=1S/C18H19ClN4O2S/c1-4-12-6-5-7-15(23-18(24)22(3)20-21-23)13(12)10-25-16-9-14(19)17(26)8-11(16)2/h5-9,19H,4,10H2,1-3H3/p+1. The molecule has 0 unspecified atom stereocenters. The fourth-order valence-electron chi connectivity index (χ4n) is 2.74. The number of ether oxygens (including phenoxy) is 1. The molecular weight excluding hydrogens is 372 g/mol. The van der Waals surface area contributed by atoms with Crippen molar-refractivity contribution in [1.29, 1.82) is 0 Å². The molecule has 0 aliphatic carbocycles. The van der Waals surface area contributed by atoms with Crippen LogP contribution in [0.25, 0.3) is 5.69 Å². The molecule has 26 heavy (non-hydrogen) atoms. The highest BCUT2D eigenvalue weighted by molar-refractivity contribution is 7.80. The van der Waals surface area contributed by atoms with Crippen LogP contribution in [0.3, 0.4) is 0 Å². The van der Waals surface area contributed by atoms with E-state index in [1.807, 2.05) is 31.2 Å². The van der Waals surface area contributed by atoms with Gasteiger partial charge in [0.05, 0.1) is 10.6 Å². The van der Waals surface area contributed by atoms with Gasteiger partial charge in [0.2, 0.25) is 5.02 Å². The Bertz CT molecular complexity index is 1010. The predicted molar refractivity (Wildman–Crippen MR) is 99.3 cm³/mol. The van der Waals surface area contributed by atoms with Gasteiger partial charge < -0.3 is 4.74 Å². The molecular formula is C18H20ClN4O2S+. The molecule has 0 spiro atoms. The van der Waals surface area contributed by atoms with E-state index in [2.05, 4.69) is 30.0 Å². The highest BCUT2D eigenvalue weighted by Crippen LogP contribution is 2.28. The van der Waals surface area contributed by atoms with Crippen LogP contribution in [0, 0.1) is 18.5 Å². The Balaban J connectivity index is 2.01. The largest absolute Gasteiger partial charge is 0.488 e. The number of aryl methyl sites for hydroxylation is 3. The molecule has 0 N–H and O–H groups in total. The molecule has 1 aromatic heterocycles. The van der Waals surface area contributed by atoms with Crippen LogP contribution in [-0.4, -0.2) is 19.8 Å². The summed E-state index contributed by atoms with van der Waals surface area (Å²) in [6.45, 7) is 4.30. The molecule has 0 radical (unpaired) electrons. The lowest BCUT2D eigenvalue weighted by molar-refractivity contribution is -0.293. The summed E-state index contributed by atoms with van der Waals surface area (Å²) in [5.41, 5.74) is 3.31. The van der Waals surface area contributed by atoms with E-state index in [9.17, 15) is 4.79 Å². The van der Waals surface area contributed by atoms with Crippen molar-refractivity contribution >= 4 is 12.6 Å². The van der Waals surface area contributed by atoms with Gasteiger partial charge in [0.25, 0.3) is 0 Å². The average Bonchev–Trinajstić information content (AvgIpc) is 2.95. The third kappa shape index (κ3) is 3.50. The van der Waals surface area contributed by atoms with Gasteiger partial charge in [-0.25, -0.2) is 4.79 Å². The van der Waals surface area contributed by atoms with E-state index in [1.54, 1.807) is 13.1 Å². The van der Waals surface area contributed by atoms with Gasteiger partial charge in [0.15, 0.2) is 11.6 Å². The van der Waals surface area contributed by atoms with Crippen molar-refractivity contribution in [3.05, 3.63) is 62.5 Å². The van der Waals surface area contributed by atoms with Gasteiger partial charge >= 0.3 is 5.69 Å². The van der Waals surface area contributed by atoms with Crippen LogP contribution in [0.15, 0.2) is 40.0 Å². The number of thiol groups is 1. The Morgan fingerprint density at radius 3 is 2.69 bits per heavy atom. The molecule has 0 fully saturated rings. The van der Waals surface area contributed by atoms with Gasteiger partial charge in [0.1, 0.15) is 12.4 Å². The molecule has 6 nitrogen and oxygen atoms in total. The molecule has 1 heterocycles. The van der Waals surface area contributed by atoms with Crippen LogP contribution in [0.2, 0.25) is 5.02 Å². The van der Waals surface area contributed by atoms with E-state index in [0.717, 1.165) is 28.0 Å². The first-order valence-electron chi connectivity index (χ1n) is 8.16. The topological polar surface area (TPSA) is 61.9 Å². The first-order chi connectivity index (χ1) is 12.4. The summed E-state index contributed by atoms with van der Waals surface area (Å²) in [4.78, 5) is 13.0. The lowest BCUT2D eigenvalue weighted by atomic mass is 10.0. The quantitative estimate of drug-likeness (QED) is 0.678. The minimum Gasteiger partial charge on any atom is -0.488 e. The second-order valence-electron chi connectivity index (χ2n) is 5.94. The van der Waals surface area contributed by atoms with Crippen LogP contribution in [0.1, 0.15) is 23.6 Å². The zero-order valence-corrected chi connectivity index (χ0v) is 16.5. The van der Waals surface area contributed by atoms with Gasteiger partial charge in [-0.1, -0.05) is 19.1 Å². The molecule has 3 rings (SSSR count). The summed E-state index contributed by atoms with van der Waals surface area (Å²) in [7, 11) is 1.57. The molecule has 3 aromatic rings. The Morgan fingerprint density at radius 2 is 2.04 bits per heavy atom. The maximum atomic E-state index is 12.3. The van der Waals surface area contributed by atoms with Crippen molar-refractivity contribution in [3.8, 4) is 11.4 Å². The Kier molecular flexibility index (Phi) is 5.38. The van der Waals surface area contributed by atoms with Crippen molar-refractivity contribution in [1.82, 2.24) is 19.8 Å². The van der Waals surface area contributed by atoms with Gasteiger partial charge in [-0.3, -0.25) is 0 Å². The van der Waals surface area contributed by atoms with Crippen LogP contribution in [0.4, 0.5) is 0 Å². The number of tetrazole rings is 1. The molecule has 0 bridgehead atoms. The molecule has 0 saturated heterocycles. The van der Waals surface area contributed by atoms with Gasteiger partial charge in [-0.15, -0.1) is 12.6 Å². The van der Waals surface area contributed by atoms with E-state index in [1.165, 1.54) is 9.36 Å². The van der Waals surface area contributed by atoms with E-state index in [-0.39, 0.29) is 5.69 Å². The molecule has 0 aliphatic heterocycles. The number of aromatic nitrogens is 4. The van der Waals surface area contributed by atoms with Crippen LogP contribution >= 0.6 is 12.6 Å². The van der Waals surface area contributed by atoms with E-state index >= 15 is 0 Å². The number of hydrogen-bond donors (Lipinski definition) is 1. The van der Waals surface area contributed by atoms with Crippen molar-refractivity contribution in [2.75, 3.05) is 0 Å². The molecule has 136 valence electrons. The van der Waals surface area contributed by atoms with E-state index in [4.69, 9.17) is 16.3 Å². The second-order valence-corrected chi connectivity index (χ2v) is 6.86. The van der Waals surface area contributed by atoms with Crippen molar-refractivity contribution in [3.63, 3.8) is 0 Å². The number of hydrogen-bond acceptors (Lipinski definition) is 5. The van der Waals surface area contributed by atoms with Crippen molar-refractivity contribution in [2.24, 2.45) is 7.05 Å². The predicted octanol–water partition coefficient (Wildman–Crippen LogP) is 2.40. The van der Waals surface area contributed by atoms with Crippen LogP contribution in [-0.2, 0) is 20.1 Å². The van der Waals surface area contributed by atoms with Gasteiger partial charge in [-0.2, -0.15) is 9.36 Å². The van der Waals surface area contributed by atoms with Crippen LogP contribution < -0.4 is 10.4 Å². The first kappa shape index (κ1) is 18.5. The van der Waals surface area contributed by atoms with Crippen molar-refractivity contribution in [2.45, 2.75) is 31.8 Å². The molecule has 0 aliphatic rings. The molecule has 0 amide bonds. The summed E-state index contributed by atoms with van der Waals surface area (Å²) in [5, 5.41) is 8.39. The zero-order chi connectivity index (χ0) is 18.8. The third-order valence-corrected chi connectivity index (χ3v) is 5.07. The minimum atomic E-state index is -0.303. The summed E-state index contributed by atoms with van der Waals surface area (Å²) < 4.78 is 8.53. The zero-order valence-electron chi connectivity index (χ0n) is 14.8. The van der Waals surface area contributed by atoms with Gasteiger partial charge in [0, 0.05) is 18.7 Å². The lowest BCUT2D eigenvalue weighted by Gasteiger charge is -2.15. The number of benzene rings is 2. The fourth-order valence-corrected chi connectivity index (χ4v) is 3.17. The highest BCUT2D eigenvalue weighted by Gasteiger charge is 2.16. The van der Waals surface area contributed by atoms with Gasteiger partial charge in [-0.05, 0) is 47.0 Å². The Labute approximate surface area is 161 Å². The number of nitrogens with zero attached hydrogens (tertiary/aromatic N) is 4.